The molecule has 106 valence electrons. The van der Waals surface area contributed by atoms with E-state index in [-0.39, 0.29) is 0 Å². The third-order valence-corrected chi connectivity index (χ3v) is 3.19. The quantitative estimate of drug-likeness (QED) is 0.621. The third kappa shape index (κ3) is 3.68. The number of nitrogens with zero attached hydrogens (tertiary/aromatic N) is 3. The van der Waals surface area contributed by atoms with E-state index in [1.807, 2.05) is 26.1 Å². The Hall–Kier alpha value is -2.14. The highest BCUT2D eigenvalue weighted by Gasteiger charge is 2.07. The van der Waals surface area contributed by atoms with Crippen molar-refractivity contribution in [3.8, 4) is 0 Å². The van der Waals surface area contributed by atoms with Crippen LogP contribution >= 0.6 is 0 Å². The molecule has 0 aliphatic carbocycles. The summed E-state index contributed by atoms with van der Waals surface area (Å²) in [7, 11) is 2.03. The van der Waals surface area contributed by atoms with Crippen molar-refractivity contribution in [1.29, 1.82) is 0 Å². The van der Waals surface area contributed by atoms with Gasteiger partial charge in [0.15, 0.2) is 0 Å². The van der Waals surface area contributed by atoms with Gasteiger partial charge >= 0.3 is 0 Å². The van der Waals surface area contributed by atoms with Crippen LogP contribution in [-0.2, 0) is 12.8 Å². The molecule has 5 heteroatoms. The molecule has 0 fully saturated rings. The molecule has 0 saturated carbocycles. The lowest BCUT2D eigenvalue weighted by Crippen LogP contribution is -2.23. The fourth-order valence-electron chi connectivity index (χ4n) is 1.97. The first kappa shape index (κ1) is 14.3. The van der Waals surface area contributed by atoms with E-state index >= 15 is 0 Å². The molecule has 0 aliphatic heterocycles. The Morgan fingerprint density at radius 2 is 1.95 bits per heavy atom. The number of nitrogens with one attached hydrogen (secondary N) is 1. The van der Waals surface area contributed by atoms with E-state index in [1.165, 1.54) is 5.56 Å². The van der Waals surface area contributed by atoms with Gasteiger partial charge in [0.25, 0.3) is 0 Å². The van der Waals surface area contributed by atoms with Gasteiger partial charge in [-0.05, 0) is 12.0 Å². The summed E-state index contributed by atoms with van der Waals surface area (Å²) in [5.74, 6) is 7.78. The van der Waals surface area contributed by atoms with Crippen LogP contribution in [0.5, 0.6) is 0 Å². The second-order valence-corrected chi connectivity index (χ2v) is 4.68. The van der Waals surface area contributed by atoms with Crippen molar-refractivity contribution in [2.45, 2.75) is 19.8 Å². The van der Waals surface area contributed by atoms with Crippen molar-refractivity contribution in [3.05, 3.63) is 47.8 Å². The molecule has 3 N–H and O–H groups in total. The fraction of sp³-hybridized carbons (Fsp3) is 0.333. The van der Waals surface area contributed by atoms with Gasteiger partial charge in [-0.3, -0.25) is 0 Å². The van der Waals surface area contributed by atoms with Gasteiger partial charge in [-0.15, -0.1) is 0 Å². The monoisotopic (exact) mass is 271 g/mol. The minimum atomic E-state index is 0.651. The lowest BCUT2D eigenvalue weighted by molar-refractivity contribution is 0.837. The number of rotatable bonds is 6. The molecule has 2 rings (SSSR count). The van der Waals surface area contributed by atoms with Gasteiger partial charge in [-0.25, -0.2) is 15.8 Å². The molecule has 0 amide bonds. The molecule has 0 saturated heterocycles. The molecule has 0 bridgehead atoms. The van der Waals surface area contributed by atoms with Gasteiger partial charge in [0, 0.05) is 26.1 Å². The minimum Gasteiger partial charge on any atom is -0.359 e. The number of aryl methyl sites for hydroxylation is 1. The van der Waals surface area contributed by atoms with E-state index < -0.39 is 0 Å². The van der Waals surface area contributed by atoms with Gasteiger partial charge in [0.05, 0.1) is 0 Å². The summed E-state index contributed by atoms with van der Waals surface area (Å²) < 4.78 is 0. The van der Waals surface area contributed by atoms with Crippen molar-refractivity contribution in [1.82, 2.24) is 9.97 Å². The average Bonchev–Trinajstić information content (AvgIpc) is 2.52. The minimum absolute atomic E-state index is 0.651. The van der Waals surface area contributed by atoms with E-state index in [4.69, 9.17) is 5.84 Å². The van der Waals surface area contributed by atoms with Crippen LogP contribution in [0.4, 0.5) is 11.6 Å². The Labute approximate surface area is 119 Å². The van der Waals surface area contributed by atoms with E-state index in [0.29, 0.717) is 5.82 Å². The number of hydrazine groups is 1. The van der Waals surface area contributed by atoms with E-state index in [0.717, 1.165) is 31.0 Å². The zero-order valence-corrected chi connectivity index (χ0v) is 12.0. The molecule has 0 radical (unpaired) electrons. The van der Waals surface area contributed by atoms with Crippen molar-refractivity contribution in [2.24, 2.45) is 5.84 Å². The van der Waals surface area contributed by atoms with Crippen molar-refractivity contribution >= 4 is 11.6 Å². The summed E-state index contributed by atoms with van der Waals surface area (Å²) in [4.78, 5) is 10.9. The molecular formula is C15H21N5. The lowest BCUT2D eigenvalue weighted by atomic mass is 10.1. The summed E-state index contributed by atoms with van der Waals surface area (Å²) in [5.41, 5.74) is 3.91. The number of anilines is 2. The largest absolute Gasteiger partial charge is 0.359 e. The van der Waals surface area contributed by atoms with Crippen molar-refractivity contribution < 1.29 is 0 Å². The van der Waals surface area contributed by atoms with Crippen LogP contribution in [-0.4, -0.2) is 23.6 Å². The fourth-order valence-corrected chi connectivity index (χ4v) is 1.97. The number of benzene rings is 1. The molecule has 20 heavy (non-hydrogen) atoms. The zero-order chi connectivity index (χ0) is 14.4. The second kappa shape index (κ2) is 6.86. The Balaban J connectivity index is 2.06. The number of nitrogens with two attached hydrogens (primary N) is 1. The summed E-state index contributed by atoms with van der Waals surface area (Å²) >= 11 is 0. The predicted molar refractivity (Wildman–Crippen MR) is 82.6 cm³/mol. The highest BCUT2D eigenvalue weighted by molar-refractivity contribution is 5.48. The topological polar surface area (TPSA) is 67.1 Å². The van der Waals surface area contributed by atoms with Crippen LogP contribution in [0.2, 0.25) is 0 Å². The maximum Gasteiger partial charge on any atom is 0.145 e. The summed E-state index contributed by atoms with van der Waals surface area (Å²) in [6.07, 6.45) is 1.77. The average molecular weight is 271 g/mol. The SMILES string of the molecule is CCc1nc(NN)cc(N(C)CCc2ccccc2)n1. The summed E-state index contributed by atoms with van der Waals surface area (Å²) in [6, 6.07) is 12.3. The van der Waals surface area contributed by atoms with Crippen LogP contribution in [0.1, 0.15) is 18.3 Å². The molecular weight excluding hydrogens is 250 g/mol. The van der Waals surface area contributed by atoms with Gasteiger partial charge in [-0.1, -0.05) is 37.3 Å². The van der Waals surface area contributed by atoms with Crippen LogP contribution in [0.15, 0.2) is 36.4 Å². The molecule has 1 aromatic heterocycles. The molecule has 0 atom stereocenters. The van der Waals surface area contributed by atoms with E-state index in [9.17, 15) is 0 Å². The zero-order valence-electron chi connectivity index (χ0n) is 12.0. The van der Waals surface area contributed by atoms with Crippen LogP contribution in [0.25, 0.3) is 0 Å². The Kier molecular flexibility index (Phi) is 4.90. The molecule has 5 nitrogen and oxygen atoms in total. The molecule has 1 aromatic carbocycles. The first-order valence-electron chi connectivity index (χ1n) is 6.82. The number of hydrogen-bond donors (Lipinski definition) is 2. The number of likely N-dealkylation sites (N-methyl/N-ethyl adjacent to an activating group) is 1. The highest BCUT2D eigenvalue weighted by Crippen LogP contribution is 2.15. The van der Waals surface area contributed by atoms with Crippen molar-refractivity contribution in [3.63, 3.8) is 0 Å². The second-order valence-electron chi connectivity index (χ2n) is 4.68. The van der Waals surface area contributed by atoms with Crippen LogP contribution < -0.4 is 16.2 Å². The normalized spacial score (nSPS) is 10.3. The maximum atomic E-state index is 5.45. The number of nitrogen functional groups attached to an aromatic ring is 1. The molecule has 0 aliphatic rings. The Morgan fingerprint density at radius 1 is 1.20 bits per heavy atom. The number of hydrogen-bond acceptors (Lipinski definition) is 5. The van der Waals surface area contributed by atoms with Gasteiger partial charge in [0.2, 0.25) is 0 Å². The summed E-state index contributed by atoms with van der Waals surface area (Å²) in [6.45, 7) is 2.93. The first-order chi connectivity index (χ1) is 9.72. The van der Waals surface area contributed by atoms with Crippen molar-refractivity contribution in [2.75, 3.05) is 23.9 Å². The number of aromatic nitrogens is 2. The van der Waals surface area contributed by atoms with Gasteiger partial charge in [-0.2, -0.15) is 0 Å². The lowest BCUT2D eigenvalue weighted by Gasteiger charge is -2.19. The van der Waals surface area contributed by atoms with Crippen LogP contribution in [0.3, 0.4) is 0 Å². The molecule has 2 aromatic rings. The van der Waals surface area contributed by atoms with E-state index in [2.05, 4.69) is 44.6 Å². The molecule has 1 heterocycles. The first-order valence-corrected chi connectivity index (χ1v) is 6.82. The Morgan fingerprint density at radius 3 is 2.60 bits per heavy atom. The van der Waals surface area contributed by atoms with Crippen LogP contribution in [0, 0.1) is 0 Å². The summed E-state index contributed by atoms with van der Waals surface area (Å²) in [5, 5.41) is 0. The van der Waals surface area contributed by atoms with Gasteiger partial charge in [0.1, 0.15) is 17.5 Å². The predicted octanol–water partition coefficient (Wildman–Crippen LogP) is 2.00. The van der Waals surface area contributed by atoms with Gasteiger partial charge < -0.3 is 10.3 Å². The Bertz CT molecular complexity index is 519. The molecule has 0 spiro atoms. The van der Waals surface area contributed by atoms with E-state index in [1.54, 1.807) is 0 Å². The standard InChI is InChI=1S/C15H21N5/c1-3-13-17-14(19-16)11-15(18-13)20(2)10-9-12-7-5-4-6-8-12/h4-8,11H,3,9-10,16H2,1-2H3,(H,17,18,19). The third-order valence-electron chi connectivity index (χ3n) is 3.19. The smallest absolute Gasteiger partial charge is 0.145 e. The molecule has 0 unspecified atom stereocenters. The highest BCUT2D eigenvalue weighted by atomic mass is 15.3. The maximum absolute atomic E-state index is 5.45.